The predicted octanol–water partition coefficient (Wildman–Crippen LogP) is 2.85. The summed E-state index contributed by atoms with van der Waals surface area (Å²) in [5.74, 6) is -0.587. The largest absolute Gasteiger partial charge is 0.497 e. The van der Waals surface area contributed by atoms with Gasteiger partial charge in [-0.3, -0.25) is 9.78 Å². The van der Waals surface area contributed by atoms with E-state index >= 15 is 0 Å². The Morgan fingerprint density at radius 3 is 2.80 bits per heavy atom. The predicted molar refractivity (Wildman–Crippen MR) is 95.8 cm³/mol. The van der Waals surface area contributed by atoms with E-state index in [0.29, 0.717) is 23.6 Å². The SMILES string of the molecule is CCn1c(=S)[nH]c(=O)c2c(C(=O)O)cc(-c3cccc(OC)c3)nc21. The van der Waals surface area contributed by atoms with E-state index in [0.717, 1.165) is 0 Å². The highest BCUT2D eigenvalue weighted by molar-refractivity contribution is 7.71. The third-order valence-corrected chi connectivity index (χ3v) is 4.18. The molecule has 2 aromatic heterocycles. The minimum atomic E-state index is -1.21. The van der Waals surface area contributed by atoms with E-state index in [1.165, 1.54) is 6.07 Å². The molecule has 8 heteroatoms. The molecule has 25 heavy (non-hydrogen) atoms. The first-order valence-electron chi connectivity index (χ1n) is 7.51. The zero-order valence-corrected chi connectivity index (χ0v) is 14.4. The summed E-state index contributed by atoms with van der Waals surface area (Å²) in [4.78, 5) is 31.0. The summed E-state index contributed by atoms with van der Waals surface area (Å²) >= 11 is 5.17. The Hall–Kier alpha value is -3.00. The van der Waals surface area contributed by atoms with Crippen LogP contribution in [0.25, 0.3) is 22.3 Å². The molecule has 128 valence electrons. The summed E-state index contributed by atoms with van der Waals surface area (Å²) in [5.41, 5.74) is 0.658. The Bertz CT molecular complexity index is 1100. The highest BCUT2D eigenvalue weighted by Crippen LogP contribution is 2.26. The second-order valence-corrected chi connectivity index (χ2v) is 5.68. The molecule has 0 radical (unpaired) electrons. The third kappa shape index (κ3) is 2.91. The Labute approximate surface area is 147 Å². The third-order valence-electron chi connectivity index (χ3n) is 3.86. The van der Waals surface area contributed by atoms with Crippen LogP contribution in [0.2, 0.25) is 0 Å². The average molecular weight is 357 g/mol. The van der Waals surface area contributed by atoms with Crippen molar-refractivity contribution in [3.63, 3.8) is 0 Å². The smallest absolute Gasteiger partial charge is 0.336 e. The van der Waals surface area contributed by atoms with Gasteiger partial charge in [-0.2, -0.15) is 0 Å². The molecule has 1 aromatic carbocycles. The zero-order valence-electron chi connectivity index (χ0n) is 13.6. The van der Waals surface area contributed by atoms with Gasteiger partial charge >= 0.3 is 5.97 Å². The molecule has 2 N–H and O–H groups in total. The monoisotopic (exact) mass is 357 g/mol. The van der Waals surface area contributed by atoms with Gasteiger partial charge in [0.15, 0.2) is 4.77 Å². The molecular formula is C17H15N3O4S. The van der Waals surface area contributed by atoms with E-state index < -0.39 is 11.5 Å². The average Bonchev–Trinajstić information content (AvgIpc) is 2.61. The summed E-state index contributed by atoms with van der Waals surface area (Å²) in [6.07, 6.45) is 0. The van der Waals surface area contributed by atoms with Crippen molar-refractivity contribution in [3.8, 4) is 17.0 Å². The van der Waals surface area contributed by atoms with E-state index in [2.05, 4.69) is 9.97 Å². The normalized spacial score (nSPS) is 10.8. The van der Waals surface area contributed by atoms with Gasteiger partial charge in [-0.25, -0.2) is 9.78 Å². The van der Waals surface area contributed by atoms with Crippen molar-refractivity contribution in [1.82, 2.24) is 14.5 Å². The van der Waals surface area contributed by atoms with Gasteiger partial charge < -0.3 is 14.4 Å². The standard InChI is InChI=1S/C17H15N3O4S/c1-3-20-14-13(15(21)19-17(20)25)11(16(22)23)8-12(18-14)9-5-4-6-10(7-9)24-2/h4-8H,3H2,1-2H3,(H,22,23)(H,19,21,25). The molecule has 0 saturated heterocycles. The number of carboxylic acids is 1. The van der Waals surface area contributed by atoms with Crippen molar-refractivity contribution in [2.45, 2.75) is 13.5 Å². The number of benzene rings is 1. The van der Waals surface area contributed by atoms with Crippen molar-refractivity contribution in [2.75, 3.05) is 7.11 Å². The molecule has 0 aliphatic rings. The van der Waals surface area contributed by atoms with Gasteiger partial charge in [0.2, 0.25) is 0 Å². The van der Waals surface area contributed by atoms with Crippen molar-refractivity contribution in [2.24, 2.45) is 0 Å². The zero-order chi connectivity index (χ0) is 18.1. The molecular weight excluding hydrogens is 342 g/mol. The highest BCUT2D eigenvalue weighted by Gasteiger charge is 2.18. The lowest BCUT2D eigenvalue weighted by molar-refractivity contribution is 0.0699. The molecule has 0 amide bonds. The maximum Gasteiger partial charge on any atom is 0.336 e. The first-order chi connectivity index (χ1) is 12.0. The molecule has 0 atom stereocenters. The fraction of sp³-hybridized carbons (Fsp3) is 0.176. The minimum absolute atomic E-state index is 0.00889. The number of ether oxygens (including phenoxy) is 1. The first-order valence-corrected chi connectivity index (χ1v) is 7.92. The Morgan fingerprint density at radius 2 is 2.16 bits per heavy atom. The first kappa shape index (κ1) is 16.8. The van der Waals surface area contributed by atoms with Crippen molar-refractivity contribution in [3.05, 3.63) is 51.0 Å². The topological polar surface area (TPSA) is 97.2 Å². The fourth-order valence-corrected chi connectivity index (χ4v) is 2.97. The maximum atomic E-state index is 12.3. The number of carbonyl (C=O) groups is 1. The second-order valence-electron chi connectivity index (χ2n) is 5.29. The molecule has 0 aliphatic heterocycles. The number of aryl methyl sites for hydroxylation is 1. The number of H-pyrrole nitrogens is 1. The van der Waals surface area contributed by atoms with E-state index in [9.17, 15) is 14.7 Å². The minimum Gasteiger partial charge on any atom is -0.497 e. The van der Waals surface area contributed by atoms with E-state index in [1.54, 1.807) is 35.9 Å². The van der Waals surface area contributed by atoms with Crippen molar-refractivity contribution in [1.29, 1.82) is 0 Å². The van der Waals surface area contributed by atoms with Crippen LogP contribution in [0.15, 0.2) is 35.1 Å². The number of aromatic amines is 1. The van der Waals surface area contributed by atoms with E-state index in [-0.39, 0.29) is 21.4 Å². The number of pyridine rings is 1. The number of methoxy groups -OCH3 is 1. The molecule has 7 nitrogen and oxygen atoms in total. The van der Waals surface area contributed by atoms with Crippen molar-refractivity contribution >= 4 is 29.2 Å². The highest BCUT2D eigenvalue weighted by atomic mass is 32.1. The molecule has 3 aromatic rings. The van der Waals surface area contributed by atoms with Crippen LogP contribution in [0.1, 0.15) is 17.3 Å². The number of nitrogens with zero attached hydrogens (tertiary/aromatic N) is 2. The number of aromatic nitrogens is 3. The summed E-state index contributed by atoms with van der Waals surface area (Å²) in [6, 6.07) is 8.49. The molecule has 0 aliphatic carbocycles. The Kier molecular flexibility index (Phi) is 4.37. The molecule has 3 rings (SSSR count). The molecule has 0 bridgehead atoms. The summed E-state index contributed by atoms with van der Waals surface area (Å²) in [7, 11) is 1.55. The van der Waals surface area contributed by atoms with Crippen LogP contribution >= 0.6 is 12.2 Å². The number of nitrogens with one attached hydrogen (secondary N) is 1. The number of carboxylic acid groups (broad SMARTS) is 1. The van der Waals surface area contributed by atoms with Gasteiger partial charge in [-0.05, 0) is 37.3 Å². The maximum absolute atomic E-state index is 12.3. The van der Waals surface area contributed by atoms with Crippen LogP contribution in [-0.4, -0.2) is 32.7 Å². The molecule has 0 spiro atoms. The molecule has 0 fully saturated rings. The van der Waals surface area contributed by atoms with E-state index in [1.807, 2.05) is 6.92 Å². The van der Waals surface area contributed by atoms with Gasteiger partial charge in [0, 0.05) is 12.1 Å². The van der Waals surface area contributed by atoms with Gasteiger partial charge in [-0.15, -0.1) is 0 Å². The molecule has 0 unspecified atom stereocenters. The summed E-state index contributed by atoms with van der Waals surface area (Å²) < 4.78 is 7.00. The Balaban J connectivity index is 2.45. The molecule has 2 heterocycles. The van der Waals surface area contributed by atoms with Crippen LogP contribution in [0, 0.1) is 4.77 Å². The summed E-state index contributed by atoms with van der Waals surface area (Å²) in [5, 5.41) is 9.58. The lowest BCUT2D eigenvalue weighted by Crippen LogP contribution is -2.18. The molecule has 0 saturated carbocycles. The number of rotatable bonds is 4. The van der Waals surface area contributed by atoms with Crippen LogP contribution in [-0.2, 0) is 6.54 Å². The lowest BCUT2D eigenvalue weighted by atomic mass is 10.1. The van der Waals surface area contributed by atoms with Gasteiger partial charge in [0.1, 0.15) is 11.4 Å². The van der Waals surface area contributed by atoms with Gasteiger partial charge in [-0.1, -0.05) is 12.1 Å². The lowest BCUT2D eigenvalue weighted by Gasteiger charge is -2.12. The van der Waals surface area contributed by atoms with Crippen LogP contribution in [0.5, 0.6) is 5.75 Å². The van der Waals surface area contributed by atoms with Crippen LogP contribution in [0.4, 0.5) is 0 Å². The fourth-order valence-electron chi connectivity index (χ4n) is 2.67. The van der Waals surface area contributed by atoms with Crippen molar-refractivity contribution < 1.29 is 14.6 Å². The second kappa shape index (κ2) is 6.48. The van der Waals surface area contributed by atoms with Gasteiger partial charge in [0.05, 0.1) is 23.8 Å². The Morgan fingerprint density at radius 1 is 1.40 bits per heavy atom. The van der Waals surface area contributed by atoms with Gasteiger partial charge in [0.25, 0.3) is 5.56 Å². The van der Waals surface area contributed by atoms with Crippen LogP contribution < -0.4 is 10.3 Å². The number of hydrogen-bond donors (Lipinski definition) is 2. The quantitative estimate of drug-likeness (QED) is 0.697. The number of aromatic carboxylic acids is 1. The number of fused-ring (bicyclic) bond motifs is 1. The number of hydrogen-bond acceptors (Lipinski definition) is 5. The summed E-state index contributed by atoms with van der Waals surface area (Å²) in [6.45, 7) is 2.29. The van der Waals surface area contributed by atoms with Crippen LogP contribution in [0.3, 0.4) is 0 Å². The van der Waals surface area contributed by atoms with E-state index in [4.69, 9.17) is 17.0 Å².